The Hall–Kier alpha value is -3.35. The van der Waals surface area contributed by atoms with Crippen LogP contribution in [0.25, 0.3) is 0 Å². The summed E-state index contributed by atoms with van der Waals surface area (Å²) in [7, 11) is 0. The molecule has 0 saturated carbocycles. The molecule has 3 aromatic rings. The topological polar surface area (TPSA) is 45.2 Å². The standard InChI is InChI=1S/C10H8F7NO.C7H6F3N.C7H8/c11-6-1-5(9(12,13)14)2-7(3-6)18-4-8(19)10(15,16)17;1-5-4-6(2-3-11-5)7(8,9)10;1-7-5-3-2-4-6-7/h1-3,8,18-19H,4H2;2-4H,1H3;2-6H,1H3/t8-;;/m1../s1. The molecule has 1 heterocycles. The molecule has 0 aliphatic carbocycles. The molecule has 2 aromatic carbocycles. The van der Waals surface area contributed by atoms with Gasteiger partial charge in [-0.05, 0) is 44.2 Å². The highest BCUT2D eigenvalue weighted by Gasteiger charge is 2.38. The van der Waals surface area contributed by atoms with Gasteiger partial charge in [0.15, 0.2) is 6.10 Å². The number of anilines is 1. The number of halogens is 10. The first-order valence-corrected chi connectivity index (χ1v) is 10.3. The number of hydrogen-bond donors (Lipinski definition) is 2. The second kappa shape index (κ2) is 13.3. The van der Waals surface area contributed by atoms with Crippen molar-refractivity contribution in [2.75, 3.05) is 11.9 Å². The molecule has 0 spiro atoms. The maximum Gasteiger partial charge on any atom is 0.416 e. The van der Waals surface area contributed by atoms with E-state index in [0.717, 1.165) is 18.3 Å². The summed E-state index contributed by atoms with van der Waals surface area (Å²) in [5.41, 5.74) is -0.792. The van der Waals surface area contributed by atoms with Crippen LogP contribution in [0.15, 0.2) is 66.9 Å². The zero-order valence-electron chi connectivity index (χ0n) is 19.3. The first-order valence-electron chi connectivity index (χ1n) is 10.3. The van der Waals surface area contributed by atoms with Gasteiger partial charge in [-0.3, -0.25) is 4.98 Å². The number of aliphatic hydroxyl groups excluding tert-OH is 1. The summed E-state index contributed by atoms with van der Waals surface area (Å²) in [6, 6.07) is 13.5. The molecule has 0 aliphatic heterocycles. The summed E-state index contributed by atoms with van der Waals surface area (Å²) in [5, 5.41) is 10.5. The number of nitrogens with one attached hydrogen (secondary N) is 1. The van der Waals surface area contributed by atoms with Crippen molar-refractivity contribution in [1.29, 1.82) is 0 Å². The van der Waals surface area contributed by atoms with Gasteiger partial charge in [-0.25, -0.2) is 4.39 Å². The van der Waals surface area contributed by atoms with Crippen LogP contribution < -0.4 is 5.32 Å². The van der Waals surface area contributed by atoms with Crippen LogP contribution in [-0.2, 0) is 12.4 Å². The minimum atomic E-state index is -4.91. The van der Waals surface area contributed by atoms with E-state index in [0.29, 0.717) is 17.8 Å². The van der Waals surface area contributed by atoms with E-state index >= 15 is 0 Å². The van der Waals surface area contributed by atoms with Crippen molar-refractivity contribution in [3.8, 4) is 0 Å². The van der Waals surface area contributed by atoms with Crippen molar-refractivity contribution >= 4 is 5.69 Å². The summed E-state index contributed by atoms with van der Waals surface area (Å²) in [6.45, 7) is 2.53. The lowest BCUT2D eigenvalue weighted by Crippen LogP contribution is -2.35. The number of aryl methyl sites for hydroxylation is 2. The van der Waals surface area contributed by atoms with E-state index in [4.69, 9.17) is 5.11 Å². The zero-order valence-corrected chi connectivity index (χ0v) is 19.3. The van der Waals surface area contributed by atoms with Gasteiger partial charge in [-0.1, -0.05) is 35.9 Å². The van der Waals surface area contributed by atoms with Crippen molar-refractivity contribution in [2.45, 2.75) is 38.5 Å². The van der Waals surface area contributed by atoms with Crippen LogP contribution in [0, 0.1) is 19.7 Å². The minimum absolute atomic E-state index is 0.214. The Kier molecular flexibility index (Phi) is 11.4. The van der Waals surface area contributed by atoms with Crippen LogP contribution in [0.3, 0.4) is 0 Å². The molecule has 37 heavy (non-hydrogen) atoms. The Morgan fingerprint density at radius 1 is 0.784 bits per heavy atom. The Bertz CT molecular complexity index is 1100. The van der Waals surface area contributed by atoms with Crippen LogP contribution in [-0.4, -0.2) is 28.9 Å². The first kappa shape index (κ1) is 31.7. The van der Waals surface area contributed by atoms with E-state index in [-0.39, 0.29) is 6.07 Å². The smallest absolute Gasteiger partial charge is 0.382 e. The first-order chi connectivity index (χ1) is 16.9. The van der Waals surface area contributed by atoms with Crippen molar-refractivity contribution in [1.82, 2.24) is 4.98 Å². The average Bonchev–Trinajstić information content (AvgIpc) is 2.77. The van der Waals surface area contributed by atoms with Crippen LogP contribution in [0.2, 0.25) is 0 Å². The molecule has 3 rings (SSSR count). The van der Waals surface area contributed by atoms with Gasteiger partial charge in [0, 0.05) is 24.1 Å². The fraction of sp³-hybridized carbons (Fsp3) is 0.292. The van der Waals surface area contributed by atoms with Crippen LogP contribution in [0.4, 0.5) is 49.6 Å². The largest absolute Gasteiger partial charge is 0.416 e. The molecule has 0 fully saturated rings. The Morgan fingerprint density at radius 2 is 1.35 bits per heavy atom. The monoisotopic (exact) mass is 544 g/mol. The quantitative estimate of drug-likeness (QED) is 0.334. The third-order valence-corrected chi connectivity index (χ3v) is 4.27. The average molecular weight is 544 g/mol. The highest BCUT2D eigenvalue weighted by Crippen LogP contribution is 2.32. The molecule has 1 atom stereocenters. The van der Waals surface area contributed by atoms with E-state index in [1.807, 2.05) is 23.5 Å². The van der Waals surface area contributed by atoms with E-state index < -0.39 is 53.8 Å². The number of aliphatic hydroxyl groups is 1. The van der Waals surface area contributed by atoms with Crippen LogP contribution in [0.1, 0.15) is 22.4 Å². The van der Waals surface area contributed by atoms with Crippen LogP contribution in [0.5, 0.6) is 0 Å². The highest BCUT2D eigenvalue weighted by molar-refractivity contribution is 5.47. The fourth-order valence-corrected chi connectivity index (χ4v) is 2.44. The molecule has 204 valence electrons. The molecule has 3 nitrogen and oxygen atoms in total. The zero-order chi connectivity index (χ0) is 28.4. The summed E-state index contributed by atoms with van der Waals surface area (Å²) >= 11 is 0. The van der Waals surface area contributed by atoms with Crippen molar-refractivity contribution in [2.24, 2.45) is 0 Å². The molecule has 0 bridgehead atoms. The van der Waals surface area contributed by atoms with E-state index in [2.05, 4.69) is 24.0 Å². The molecule has 0 unspecified atom stereocenters. The molecule has 0 saturated heterocycles. The second-order valence-electron chi connectivity index (χ2n) is 7.50. The molecular weight excluding hydrogens is 522 g/mol. The number of benzene rings is 2. The molecule has 2 N–H and O–H groups in total. The Balaban J connectivity index is 0.000000317. The maximum absolute atomic E-state index is 12.9. The van der Waals surface area contributed by atoms with Crippen molar-refractivity contribution < 1.29 is 49.0 Å². The number of aromatic nitrogens is 1. The minimum Gasteiger partial charge on any atom is -0.382 e. The second-order valence-corrected chi connectivity index (χ2v) is 7.50. The van der Waals surface area contributed by atoms with Gasteiger partial charge in [0.25, 0.3) is 0 Å². The molecule has 13 heteroatoms. The number of rotatable bonds is 3. The van der Waals surface area contributed by atoms with Gasteiger partial charge in [0.05, 0.1) is 11.1 Å². The summed E-state index contributed by atoms with van der Waals surface area (Å²) in [5.74, 6) is -1.25. The molecular formula is C24H22F10N2O. The Morgan fingerprint density at radius 3 is 1.76 bits per heavy atom. The third-order valence-electron chi connectivity index (χ3n) is 4.27. The van der Waals surface area contributed by atoms with Gasteiger partial charge in [-0.15, -0.1) is 0 Å². The molecule has 0 radical (unpaired) electrons. The summed E-state index contributed by atoms with van der Waals surface area (Å²) in [4.78, 5) is 3.65. The normalized spacial score (nSPS) is 12.5. The lowest BCUT2D eigenvalue weighted by atomic mass is 10.2. The highest BCUT2D eigenvalue weighted by atomic mass is 19.4. The molecule has 0 amide bonds. The fourth-order valence-electron chi connectivity index (χ4n) is 2.44. The Labute approximate surface area is 205 Å². The lowest BCUT2D eigenvalue weighted by Gasteiger charge is -2.16. The predicted octanol–water partition coefficient (Wildman–Crippen LogP) is 7.58. The number of nitrogens with zero attached hydrogens (tertiary/aromatic N) is 1. The van der Waals surface area contributed by atoms with Gasteiger partial charge < -0.3 is 10.4 Å². The van der Waals surface area contributed by atoms with Crippen LogP contribution >= 0.6 is 0 Å². The van der Waals surface area contributed by atoms with E-state index in [1.165, 1.54) is 12.5 Å². The SMILES string of the molecule is Cc1cc(C(F)(F)F)ccn1.Cc1ccccc1.O[C@H](CNc1cc(F)cc(C(F)(F)F)c1)C(F)(F)F. The predicted molar refractivity (Wildman–Crippen MR) is 117 cm³/mol. The van der Waals surface area contributed by atoms with Gasteiger partial charge >= 0.3 is 18.5 Å². The van der Waals surface area contributed by atoms with Gasteiger partial charge in [0.2, 0.25) is 0 Å². The number of alkyl halides is 9. The maximum atomic E-state index is 12.9. The lowest BCUT2D eigenvalue weighted by molar-refractivity contribution is -0.198. The van der Waals surface area contributed by atoms with Crippen molar-refractivity contribution in [3.63, 3.8) is 0 Å². The van der Waals surface area contributed by atoms with Gasteiger partial charge in [-0.2, -0.15) is 39.5 Å². The molecule has 1 aromatic heterocycles. The van der Waals surface area contributed by atoms with E-state index in [1.54, 1.807) is 0 Å². The molecule has 0 aliphatic rings. The van der Waals surface area contributed by atoms with Gasteiger partial charge in [0.1, 0.15) is 5.82 Å². The number of hydrogen-bond acceptors (Lipinski definition) is 3. The number of pyridine rings is 1. The summed E-state index contributed by atoms with van der Waals surface area (Å²) in [6.07, 6.45) is -15.6. The third kappa shape index (κ3) is 12.4. The van der Waals surface area contributed by atoms with E-state index in [9.17, 15) is 43.9 Å². The summed E-state index contributed by atoms with van der Waals surface area (Å²) < 4.78 is 122. The van der Waals surface area contributed by atoms with Crippen molar-refractivity contribution in [3.05, 3.63) is 95.1 Å².